The number of nitrogens with zero attached hydrogens (tertiary/aromatic N) is 1. The molecule has 0 radical (unpaired) electrons. The highest BCUT2D eigenvalue weighted by Gasteiger charge is 2.32. The molecule has 2 rings (SSSR count). The van der Waals surface area contributed by atoms with Crippen LogP contribution in [0, 0.1) is 0 Å². The molecule has 108 valence electrons. The Morgan fingerprint density at radius 3 is 2.95 bits per heavy atom. The summed E-state index contributed by atoms with van der Waals surface area (Å²) in [5, 5.41) is 4.69. The molecular formula is C14H24N2O2S. The summed E-state index contributed by atoms with van der Waals surface area (Å²) >= 11 is 1.84. The molecule has 1 unspecified atom stereocenters. The number of ether oxygens (including phenoxy) is 2. The molecule has 0 saturated carbocycles. The highest BCUT2D eigenvalue weighted by Crippen LogP contribution is 2.33. The van der Waals surface area contributed by atoms with Crippen molar-refractivity contribution in [3.63, 3.8) is 0 Å². The molecule has 0 aromatic carbocycles. The molecular weight excluding hydrogens is 260 g/mol. The van der Waals surface area contributed by atoms with Gasteiger partial charge in [-0.15, -0.1) is 11.3 Å². The first-order valence-electron chi connectivity index (χ1n) is 7.00. The van der Waals surface area contributed by atoms with E-state index in [-0.39, 0.29) is 5.54 Å². The molecule has 0 saturated heterocycles. The second-order valence-corrected chi connectivity index (χ2v) is 6.21. The van der Waals surface area contributed by atoms with Gasteiger partial charge in [0.15, 0.2) is 0 Å². The number of rotatable bonds is 8. The molecule has 19 heavy (non-hydrogen) atoms. The minimum Gasteiger partial charge on any atom is -0.383 e. The maximum absolute atomic E-state index is 5.65. The zero-order valence-electron chi connectivity index (χ0n) is 12.1. The number of hydrogen-bond donors (Lipinski definition) is 1. The third-order valence-corrected chi connectivity index (χ3v) is 4.91. The number of aryl methyl sites for hydroxylation is 2. The number of fused-ring (bicyclic) bond motifs is 1. The molecule has 1 N–H and O–H groups in total. The van der Waals surface area contributed by atoms with Gasteiger partial charge in [-0.25, -0.2) is 4.98 Å². The first kappa shape index (κ1) is 14.9. The van der Waals surface area contributed by atoms with Crippen LogP contribution in [0.3, 0.4) is 0 Å². The van der Waals surface area contributed by atoms with Crippen LogP contribution in [0.2, 0.25) is 0 Å². The lowest BCUT2D eigenvalue weighted by Gasteiger charge is -2.28. The largest absolute Gasteiger partial charge is 0.383 e. The summed E-state index contributed by atoms with van der Waals surface area (Å²) in [6, 6.07) is 0. The lowest BCUT2D eigenvalue weighted by atomic mass is 10.1. The minimum atomic E-state index is -0.205. The van der Waals surface area contributed by atoms with Crippen LogP contribution < -0.4 is 5.32 Å². The third-order valence-electron chi connectivity index (χ3n) is 3.48. The Labute approximate surface area is 119 Å². The Kier molecular flexibility index (Phi) is 5.33. The standard InChI is InChI=1S/C14H24N2O2S/c1-4-18-10-14(2,15-8-9-17-3)13-16-11-6-5-7-12(11)19-13/h15H,4-10H2,1-3H3. The summed E-state index contributed by atoms with van der Waals surface area (Å²) in [5.41, 5.74) is 1.10. The lowest BCUT2D eigenvalue weighted by Crippen LogP contribution is -2.45. The van der Waals surface area contributed by atoms with E-state index in [1.807, 2.05) is 18.3 Å². The Bertz CT molecular complexity index is 387. The normalized spacial score (nSPS) is 17.4. The molecule has 1 aliphatic carbocycles. The van der Waals surface area contributed by atoms with Crippen LogP contribution in [0.1, 0.15) is 35.8 Å². The van der Waals surface area contributed by atoms with Crippen molar-refractivity contribution in [2.45, 2.75) is 38.6 Å². The van der Waals surface area contributed by atoms with Gasteiger partial charge in [0.1, 0.15) is 5.01 Å². The van der Waals surface area contributed by atoms with Gasteiger partial charge in [-0.05, 0) is 33.1 Å². The number of thiazole rings is 1. The van der Waals surface area contributed by atoms with E-state index < -0.39 is 0 Å². The van der Waals surface area contributed by atoms with Crippen LogP contribution in [-0.2, 0) is 27.9 Å². The van der Waals surface area contributed by atoms with E-state index >= 15 is 0 Å². The van der Waals surface area contributed by atoms with Crippen LogP contribution in [0.15, 0.2) is 0 Å². The predicted molar refractivity (Wildman–Crippen MR) is 77.9 cm³/mol. The fraction of sp³-hybridized carbons (Fsp3) is 0.786. The van der Waals surface area contributed by atoms with Crippen LogP contribution in [0.4, 0.5) is 0 Å². The SMILES string of the molecule is CCOCC(C)(NCCOC)c1nc2c(s1)CCC2. The van der Waals surface area contributed by atoms with Crippen molar-refractivity contribution in [1.82, 2.24) is 10.3 Å². The van der Waals surface area contributed by atoms with Crippen molar-refractivity contribution in [2.75, 3.05) is 33.5 Å². The van der Waals surface area contributed by atoms with E-state index in [1.165, 1.54) is 23.4 Å². The van der Waals surface area contributed by atoms with Crippen LogP contribution >= 0.6 is 11.3 Å². The van der Waals surface area contributed by atoms with Gasteiger partial charge in [0.25, 0.3) is 0 Å². The molecule has 0 fully saturated rings. The van der Waals surface area contributed by atoms with Gasteiger partial charge >= 0.3 is 0 Å². The molecule has 1 aromatic heterocycles. The first-order chi connectivity index (χ1) is 9.19. The van der Waals surface area contributed by atoms with Crippen LogP contribution in [0.5, 0.6) is 0 Å². The maximum Gasteiger partial charge on any atom is 0.115 e. The topological polar surface area (TPSA) is 43.4 Å². The Morgan fingerprint density at radius 2 is 2.26 bits per heavy atom. The molecule has 1 heterocycles. The van der Waals surface area contributed by atoms with Crippen molar-refractivity contribution in [3.05, 3.63) is 15.6 Å². The van der Waals surface area contributed by atoms with Crippen molar-refractivity contribution < 1.29 is 9.47 Å². The quantitative estimate of drug-likeness (QED) is 0.743. The van der Waals surface area contributed by atoms with Crippen molar-refractivity contribution in [3.8, 4) is 0 Å². The van der Waals surface area contributed by atoms with Gasteiger partial charge in [0.05, 0.1) is 24.4 Å². The predicted octanol–water partition coefficient (Wildman–Crippen LogP) is 2.12. The average Bonchev–Trinajstić information content (AvgIpc) is 2.97. The fourth-order valence-electron chi connectivity index (χ4n) is 2.35. The summed E-state index contributed by atoms with van der Waals surface area (Å²) in [6.45, 7) is 7.09. The molecule has 0 amide bonds. The van der Waals surface area contributed by atoms with Crippen LogP contribution in [-0.4, -0.2) is 38.5 Å². The summed E-state index contributed by atoms with van der Waals surface area (Å²) in [4.78, 5) is 6.29. The summed E-state index contributed by atoms with van der Waals surface area (Å²) in [5.74, 6) is 0. The zero-order valence-corrected chi connectivity index (χ0v) is 12.9. The van der Waals surface area contributed by atoms with E-state index in [9.17, 15) is 0 Å². The highest BCUT2D eigenvalue weighted by molar-refractivity contribution is 7.12. The molecule has 0 spiro atoms. The summed E-state index contributed by atoms with van der Waals surface area (Å²) in [6.07, 6.45) is 3.58. The molecule has 0 bridgehead atoms. The first-order valence-corrected chi connectivity index (χ1v) is 7.82. The number of nitrogens with one attached hydrogen (secondary N) is 1. The molecule has 5 heteroatoms. The van der Waals surface area contributed by atoms with Gasteiger partial charge in [-0.3, -0.25) is 0 Å². The Balaban J connectivity index is 2.10. The maximum atomic E-state index is 5.65. The number of aromatic nitrogens is 1. The highest BCUT2D eigenvalue weighted by atomic mass is 32.1. The van der Waals surface area contributed by atoms with E-state index in [4.69, 9.17) is 14.5 Å². The summed E-state index contributed by atoms with van der Waals surface area (Å²) < 4.78 is 10.8. The van der Waals surface area contributed by atoms with Crippen molar-refractivity contribution >= 4 is 11.3 Å². The number of methoxy groups -OCH3 is 1. The fourth-order valence-corrected chi connectivity index (χ4v) is 3.61. The van der Waals surface area contributed by atoms with Gasteiger partial charge in [-0.2, -0.15) is 0 Å². The molecule has 1 aliphatic rings. The van der Waals surface area contributed by atoms with Gasteiger partial charge in [0, 0.05) is 25.1 Å². The third kappa shape index (κ3) is 3.54. The van der Waals surface area contributed by atoms with E-state index in [2.05, 4.69) is 12.2 Å². The number of hydrogen-bond acceptors (Lipinski definition) is 5. The van der Waals surface area contributed by atoms with E-state index in [0.717, 1.165) is 24.6 Å². The monoisotopic (exact) mass is 284 g/mol. The smallest absolute Gasteiger partial charge is 0.115 e. The van der Waals surface area contributed by atoms with Gasteiger partial charge in [0.2, 0.25) is 0 Å². The molecule has 0 aliphatic heterocycles. The molecule has 1 atom stereocenters. The van der Waals surface area contributed by atoms with Gasteiger partial charge < -0.3 is 14.8 Å². The Hall–Kier alpha value is -0.490. The minimum absolute atomic E-state index is 0.205. The second-order valence-electron chi connectivity index (χ2n) is 5.13. The van der Waals surface area contributed by atoms with Crippen LogP contribution in [0.25, 0.3) is 0 Å². The molecule has 4 nitrogen and oxygen atoms in total. The van der Waals surface area contributed by atoms with Gasteiger partial charge in [-0.1, -0.05) is 0 Å². The Morgan fingerprint density at radius 1 is 1.42 bits per heavy atom. The summed E-state index contributed by atoms with van der Waals surface area (Å²) in [7, 11) is 1.72. The van der Waals surface area contributed by atoms with E-state index in [0.29, 0.717) is 13.2 Å². The zero-order chi connectivity index (χ0) is 13.7. The van der Waals surface area contributed by atoms with Crippen molar-refractivity contribution in [1.29, 1.82) is 0 Å². The second kappa shape index (κ2) is 6.79. The average molecular weight is 284 g/mol. The van der Waals surface area contributed by atoms with Crippen molar-refractivity contribution in [2.24, 2.45) is 0 Å². The van der Waals surface area contributed by atoms with E-state index in [1.54, 1.807) is 7.11 Å². The lowest BCUT2D eigenvalue weighted by molar-refractivity contribution is 0.0777. The molecule has 1 aromatic rings.